The number of nitrogens with zero attached hydrogens (tertiary/aromatic N) is 1. The highest BCUT2D eigenvalue weighted by atomic mass is 32.1. The fraction of sp³-hybridized carbons (Fsp3) is 0.700. The van der Waals surface area contributed by atoms with E-state index in [-0.39, 0.29) is 0 Å². The summed E-state index contributed by atoms with van der Waals surface area (Å²) >= 11 is 1.62. The van der Waals surface area contributed by atoms with Crippen molar-refractivity contribution in [3.63, 3.8) is 0 Å². The van der Waals surface area contributed by atoms with Gasteiger partial charge in [0.1, 0.15) is 0 Å². The molecule has 74 valence electrons. The molecule has 1 heterocycles. The minimum Gasteiger partial charge on any atom is -0.389 e. The molecule has 2 nitrogen and oxygen atoms in total. The molecule has 3 heteroatoms. The largest absolute Gasteiger partial charge is 0.389 e. The minimum absolute atomic E-state index is 0.535. The lowest BCUT2D eigenvalue weighted by Crippen LogP contribution is -2.30. The van der Waals surface area contributed by atoms with E-state index < -0.39 is 5.60 Å². The van der Waals surface area contributed by atoms with Crippen molar-refractivity contribution in [2.75, 3.05) is 0 Å². The summed E-state index contributed by atoms with van der Waals surface area (Å²) in [5, 5.41) is 13.2. The van der Waals surface area contributed by atoms with Gasteiger partial charge in [0.2, 0.25) is 0 Å². The molecule has 0 fully saturated rings. The molecule has 1 aromatic heterocycles. The Kier molecular flexibility index (Phi) is 3.88. The normalized spacial score (nSPS) is 15.6. The Balaban J connectivity index is 2.58. The standard InChI is InChI=1S/C10H17NOS/c1-3-5-10(12,4-2)8-9-11-6-7-13-9/h6-7,12H,3-5,8H2,1-2H3. The second-order valence-electron chi connectivity index (χ2n) is 3.43. The fourth-order valence-electron chi connectivity index (χ4n) is 1.48. The van der Waals surface area contributed by atoms with Crippen LogP contribution in [0.4, 0.5) is 0 Å². The second-order valence-corrected chi connectivity index (χ2v) is 4.41. The molecule has 1 rings (SSSR count). The molecule has 1 aromatic rings. The van der Waals surface area contributed by atoms with E-state index in [9.17, 15) is 5.11 Å². The molecule has 1 unspecified atom stereocenters. The monoisotopic (exact) mass is 199 g/mol. The molecule has 0 amide bonds. The van der Waals surface area contributed by atoms with E-state index in [1.807, 2.05) is 12.3 Å². The topological polar surface area (TPSA) is 33.1 Å². The maximum atomic E-state index is 10.2. The molecular formula is C10H17NOS. The lowest BCUT2D eigenvalue weighted by molar-refractivity contribution is 0.0270. The van der Waals surface area contributed by atoms with Crippen LogP contribution in [0.25, 0.3) is 0 Å². The van der Waals surface area contributed by atoms with Gasteiger partial charge in [-0.2, -0.15) is 0 Å². The van der Waals surface area contributed by atoms with Gasteiger partial charge in [-0.1, -0.05) is 20.3 Å². The molecule has 0 saturated carbocycles. The van der Waals surface area contributed by atoms with Crippen molar-refractivity contribution in [1.29, 1.82) is 0 Å². The number of thiazole rings is 1. The van der Waals surface area contributed by atoms with Crippen LogP contribution in [0.15, 0.2) is 11.6 Å². The summed E-state index contributed by atoms with van der Waals surface area (Å²) in [4.78, 5) is 4.19. The van der Waals surface area contributed by atoms with Crippen molar-refractivity contribution in [3.8, 4) is 0 Å². The van der Waals surface area contributed by atoms with E-state index >= 15 is 0 Å². The summed E-state index contributed by atoms with van der Waals surface area (Å²) in [6.07, 6.45) is 5.19. The van der Waals surface area contributed by atoms with Gasteiger partial charge in [0, 0.05) is 18.0 Å². The summed E-state index contributed by atoms with van der Waals surface area (Å²) in [7, 11) is 0. The average Bonchev–Trinajstić information content (AvgIpc) is 2.57. The molecule has 0 aliphatic heterocycles. The minimum atomic E-state index is -0.535. The summed E-state index contributed by atoms with van der Waals surface area (Å²) in [6, 6.07) is 0. The maximum absolute atomic E-state index is 10.2. The Labute approximate surface area is 83.6 Å². The molecule has 0 spiro atoms. The number of aromatic nitrogens is 1. The van der Waals surface area contributed by atoms with Crippen molar-refractivity contribution >= 4 is 11.3 Å². The van der Waals surface area contributed by atoms with Gasteiger partial charge in [0.15, 0.2) is 0 Å². The van der Waals surface area contributed by atoms with Crippen LogP contribution >= 0.6 is 11.3 Å². The van der Waals surface area contributed by atoms with E-state index in [1.165, 1.54) is 0 Å². The Morgan fingerprint density at radius 1 is 1.54 bits per heavy atom. The van der Waals surface area contributed by atoms with E-state index in [0.29, 0.717) is 6.42 Å². The summed E-state index contributed by atoms with van der Waals surface area (Å²) < 4.78 is 0. The van der Waals surface area contributed by atoms with Gasteiger partial charge in [0.25, 0.3) is 0 Å². The first-order valence-electron chi connectivity index (χ1n) is 4.81. The molecule has 0 aliphatic rings. The highest BCUT2D eigenvalue weighted by Gasteiger charge is 2.24. The highest BCUT2D eigenvalue weighted by molar-refractivity contribution is 7.09. The smallest absolute Gasteiger partial charge is 0.0953 e. The zero-order chi connectivity index (χ0) is 9.73. The molecule has 0 radical (unpaired) electrons. The van der Waals surface area contributed by atoms with E-state index in [2.05, 4.69) is 11.9 Å². The lowest BCUT2D eigenvalue weighted by atomic mass is 9.92. The van der Waals surface area contributed by atoms with Gasteiger partial charge in [-0.3, -0.25) is 0 Å². The van der Waals surface area contributed by atoms with Crippen LogP contribution in [0.1, 0.15) is 38.1 Å². The average molecular weight is 199 g/mol. The second kappa shape index (κ2) is 4.72. The predicted octanol–water partition coefficient (Wildman–Crippen LogP) is 2.63. The first kappa shape index (κ1) is 10.7. The van der Waals surface area contributed by atoms with Crippen LogP contribution in [0.3, 0.4) is 0 Å². The van der Waals surface area contributed by atoms with Gasteiger partial charge >= 0.3 is 0 Å². The van der Waals surface area contributed by atoms with Crippen LogP contribution in [0.5, 0.6) is 0 Å². The quantitative estimate of drug-likeness (QED) is 0.790. The van der Waals surface area contributed by atoms with Crippen LogP contribution in [0, 0.1) is 0 Å². The van der Waals surface area contributed by atoms with Gasteiger partial charge in [-0.15, -0.1) is 11.3 Å². The van der Waals surface area contributed by atoms with Gasteiger partial charge in [0.05, 0.1) is 10.6 Å². The molecule has 13 heavy (non-hydrogen) atoms. The fourth-order valence-corrected chi connectivity index (χ4v) is 2.23. The van der Waals surface area contributed by atoms with Crippen LogP contribution in [-0.2, 0) is 6.42 Å². The number of hydrogen-bond donors (Lipinski definition) is 1. The summed E-state index contributed by atoms with van der Waals surface area (Å²) in [5.41, 5.74) is -0.535. The maximum Gasteiger partial charge on any atom is 0.0953 e. The Morgan fingerprint density at radius 2 is 2.31 bits per heavy atom. The first-order chi connectivity index (χ1) is 6.20. The summed E-state index contributed by atoms with van der Waals surface area (Å²) in [6.45, 7) is 4.13. The third kappa shape index (κ3) is 3.08. The first-order valence-corrected chi connectivity index (χ1v) is 5.69. The van der Waals surface area contributed by atoms with Crippen molar-refractivity contribution in [1.82, 2.24) is 4.98 Å². The number of rotatable bonds is 5. The van der Waals surface area contributed by atoms with Crippen molar-refractivity contribution in [3.05, 3.63) is 16.6 Å². The lowest BCUT2D eigenvalue weighted by Gasteiger charge is -2.25. The SMILES string of the molecule is CCCC(O)(CC)Cc1nccs1. The third-order valence-corrected chi connectivity index (χ3v) is 3.12. The zero-order valence-electron chi connectivity index (χ0n) is 8.29. The van der Waals surface area contributed by atoms with E-state index in [0.717, 1.165) is 24.3 Å². The van der Waals surface area contributed by atoms with Crippen LogP contribution < -0.4 is 0 Å². The Morgan fingerprint density at radius 3 is 2.77 bits per heavy atom. The number of aliphatic hydroxyl groups is 1. The highest BCUT2D eigenvalue weighted by Crippen LogP contribution is 2.23. The van der Waals surface area contributed by atoms with Crippen molar-refractivity contribution in [2.45, 2.75) is 45.1 Å². The Bertz CT molecular complexity index is 235. The van der Waals surface area contributed by atoms with Crippen LogP contribution in [-0.4, -0.2) is 15.7 Å². The van der Waals surface area contributed by atoms with Gasteiger partial charge in [-0.05, 0) is 12.8 Å². The molecule has 0 saturated heterocycles. The van der Waals surface area contributed by atoms with Crippen molar-refractivity contribution in [2.24, 2.45) is 0 Å². The molecule has 0 bridgehead atoms. The van der Waals surface area contributed by atoms with E-state index in [4.69, 9.17) is 0 Å². The van der Waals surface area contributed by atoms with Crippen molar-refractivity contribution < 1.29 is 5.11 Å². The zero-order valence-corrected chi connectivity index (χ0v) is 9.10. The molecule has 1 N–H and O–H groups in total. The predicted molar refractivity (Wildman–Crippen MR) is 56.0 cm³/mol. The molecule has 0 aliphatic carbocycles. The molecular weight excluding hydrogens is 182 g/mol. The molecule has 0 aromatic carbocycles. The van der Waals surface area contributed by atoms with Crippen LogP contribution in [0.2, 0.25) is 0 Å². The molecule has 1 atom stereocenters. The van der Waals surface area contributed by atoms with E-state index in [1.54, 1.807) is 17.5 Å². The third-order valence-electron chi connectivity index (χ3n) is 2.34. The van der Waals surface area contributed by atoms with Gasteiger partial charge < -0.3 is 5.11 Å². The van der Waals surface area contributed by atoms with Gasteiger partial charge in [-0.25, -0.2) is 4.98 Å². The Hall–Kier alpha value is -0.410. The summed E-state index contributed by atoms with van der Waals surface area (Å²) in [5.74, 6) is 0. The number of hydrogen-bond acceptors (Lipinski definition) is 3.